The largest absolute Gasteiger partial charge is 0.493 e. The second-order valence-corrected chi connectivity index (χ2v) is 5.71. The van der Waals surface area contributed by atoms with Crippen molar-refractivity contribution in [3.63, 3.8) is 0 Å². The summed E-state index contributed by atoms with van der Waals surface area (Å²) in [6, 6.07) is 15.5. The lowest BCUT2D eigenvalue weighted by molar-refractivity contribution is -0.110. The molecule has 3 aromatic rings. The summed E-state index contributed by atoms with van der Waals surface area (Å²) >= 11 is 0. The van der Waals surface area contributed by atoms with Crippen molar-refractivity contribution in [1.82, 2.24) is 10.2 Å². The van der Waals surface area contributed by atoms with Gasteiger partial charge in [-0.1, -0.05) is 30.3 Å². The summed E-state index contributed by atoms with van der Waals surface area (Å²) in [4.78, 5) is 12.5. The minimum atomic E-state index is -0.108. The summed E-state index contributed by atoms with van der Waals surface area (Å²) in [6.07, 6.45) is 3.58. The normalized spacial score (nSPS) is 14.4. The van der Waals surface area contributed by atoms with Crippen LogP contribution in [0, 0.1) is 0 Å². The predicted octanol–water partition coefficient (Wildman–Crippen LogP) is 3.97. The Morgan fingerprint density at radius 2 is 2.04 bits per heavy atom. The highest BCUT2D eigenvalue weighted by atomic mass is 16.5. The molecule has 0 saturated carbocycles. The molecule has 4 rings (SSSR count). The zero-order valence-corrected chi connectivity index (χ0v) is 13.7. The van der Waals surface area contributed by atoms with Crippen molar-refractivity contribution < 1.29 is 9.53 Å². The summed E-state index contributed by atoms with van der Waals surface area (Å²) in [5.74, 6) is 0.663. The average molecular weight is 331 g/mol. The van der Waals surface area contributed by atoms with Crippen LogP contribution in [0.3, 0.4) is 0 Å². The molecule has 0 bridgehead atoms. The van der Waals surface area contributed by atoms with Gasteiger partial charge in [0.15, 0.2) is 0 Å². The number of para-hydroxylation sites is 1. The van der Waals surface area contributed by atoms with E-state index in [-0.39, 0.29) is 5.91 Å². The molecule has 0 atom stereocenters. The number of amides is 1. The Labute approximate surface area is 145 Å². The third-order valence-corrected chi connectivity index (χ3v) is 4.13. The number of aromatic nitrogens is 2. The minimum absolute atomic E-state index is 0.108. The number of aromatic amines is 1. The first kappa shape index (κ1) is 15.2. The van der Waals surface area contributed by atoms with Gasteiger partial charge in [-0.05, 0) is 31.2 Å². The third kappa shape index (κ3) is 2.80. The molecule has 0 unspecified atom stereocenters. The van der Waals surface area contributed by atoms with E-state index in [0.29, 0.717) is 12.2 Å². The molecule has 0 spiro atoms. The molecule has 1 aliphatic heterocycles. The Balaban J connectivity index is 1.75. The van der Waals surface area contributed by atoms with Gasteiger partial charge in [0, 0.05) is 34.1 Å². The van der Waals surface area contributed by atoms with Gasteiger partial charge in [0.25, 0.3) is 5.91 Å². The van der Waals surface area contributed by atoms with Gasteiger partial charge in [-0.3, -0.25) is 9.89 Å². The molecule has 0 aliphatic carbocycles. The molecular weight excluding hydrogens is 314 g/mol. The zero-order chi connectivity index (χ0) is 17.2. The highest BCUT2D eigenvalue weighted by molar-refractivity contribution is 6.35. The number of carbonyl (C=O) groups is 1. The van der Waals surface area contributed by atoms with E-state index in [4.69, 9.17) is 4.74 Å². The van der Waals surface area contributed by atoms with Gasteiger partial charge in [-0.2, -0.15) is 5.10 Å². The number of ether oxygens (including phenoxy) is 1. The first-order valence-corrected chi connectivity index (χ1v) is 8.15. The molecule has 0 fully saturated rings. The molecule has 5 heteroatoms. The lowest BCUT2D eigenvalue weighted by Gasteiger charge is -2.07. The van der Waals surface area contributed by atoms with E-state index in [1.165, 1.54) is 0 Å². The Hall–Kier alpha value is -3.34. The molecule has 0 saturated heterocycles. The molecule has 25 heavy (non-hydrogen) atoms. The summed E-state index contributed by atoms with van der Waals surface area (Å²) in [7, 11) is 0. The van der Waals surface area contributed by atoms with E-state index in [0.717, 1.165) is 33.8 Å². The van der Waals surface area contributed by atoms with Crippen molar-refractivity contribution in [1.29, 1.82) is 0 Å². The molecular formula is C20H17N3O2. The minimum Gasteiger partial charge on any atom is -0.493 e. The van der Waals surface area contributed by atoms with Gasteiger partial charge in [-0.15, -0.1) is 0 Å². The van der Waals surface area contributed by atoms with E-state index in [1.54, 1.807) is 6.20 Å². The van der Waals surface area contributed by atoms with Gasteiger partial charge < -0.3 is 10.1 Å². The van der Waals surface area contributed by atoms with Crippen molar-refractivity contribution in [3.05, 3.63) is 65.9 Å². The number of H-pyrrole nitrogens is 1. The van der Waals surface area contributed by atoms with Crippen LogP contribution >= 0.6 is 0 Å². The number of hydrogen-bond acceptors (Lipinski definition) is 3. The molecule has 5 nitrogen and oxygen atoms in total. The Morgan fingerprint density at radius 1 is 1.16 bits per heavy atom. The maximum atomic E-state index is 12.5. The van der Waals surface area contributed by atoms with E-state index in [2.05, 4.69) is 15.5 Å². The monoisotopic (exact) mass is 331 g/mol. The number of nitrogens with one attached hydrogen (secondary N) is 2. The van der Waals surface area contributed by atoms with Crippen molar-refractivity contribution in [2.24, 2.45) is 0 Å². The summed E-state index contributed by atoms with van der Waals surface area (Å²) in [5, 5.41) is 9.84. The fourth-order valence-corrected chi connectivity index (χ4v) is 2.96. The molecule has 1 aromatic heterocycles. The Morgan fingerprint density at radius 3 is 2.84 bits per heavy atom. The standard InChI is InChI=1S/C20H17N3O2/c1-2-25-19-6-4-3-5-14(19)11-16-15-8-7-13(17-9-10-21-23-17)12-18(15)22-20(16)24/h3-12H,2H2,1H3,(H,21,23)(H,22,24). The van der Waals surface area contributed by atoms with Gasteiger partial charge in [0.2, 0.25) is 0 Å². The fourth-order valence-electron chi connectivity index (χ4n) is 2.96. The molecule has 1 aliphatic rings. The number of nitrogens with zero attached hydrogens (tertiary/aromatic N) is 1. The number of fused-ring (bicyclic) bond motifs is 1. The second-order valence-electron chi connectivity index (χ2n) is 5.71. The maximum absolute atomic E-state index is 12.5. The van der Waals surface area contributed by atoms with Crippen molar-refractivity contribution in [2.45, 2.75) is 6.92 Å². The lowest BCUT2D eigenvalue weighted by Crippen LogP contribution is -2.03. The van der Waals surface area contributed by atoms with Crippen LogP contribution in [0.2, 0.25) is 0 Å². The topological polar surface area (TPSA) is 67.0 Å². The fraction of sp³-hybridized carbons (Fsp3) is 0.100. The SMILES string of the molecule is CCOc1ccccc1C=C1C(=O)Nc2cc(-c3ccn[nH]3)ccc21. The molecule has 2 N–H and O–H groups in total. The average Bonchev–Trinajstić information content (AvgIpc) is 3.25. The Bertz CT molecular complexity index is 959. The number of rotatable bonds is 4. The molecule has 1 amide bonds. The van der Waals surface area contributed by atoms with E-state index in [9.17, 15) is 4.79 Å². The highest BCUT2D eigenvalue weighted by Crippen LogP contribution is 2.36. The van der Waals surface area contributed by atoms with Crippen LogP contribution in [0.1, 0.15) is 18.1 Å². The molecule has 2 aromatic carbocycles. The smallest absolute Gasteiger partial charge is 0.256 e. The predicted molar refractivity (Wildman–Crippen MR) is 98.1 cm³/mol. The van der Waals surface area contributed by atoms with Crippen molar-refractivity contribution in [3.8, 4) is 17.0 Å². The highest BCUT2D eigenvalue weighted by Gasteiger charge is 2.25. The Kier molecular flexibility index (Phi) is 3.82. The summed E-state index contributed by atoms with van der Waals surface area (Å²) in [5.41, 5.74) is 5.11. The van der Waals surface area contributed by atoms with Crippen LogP contribution in [0.15, 0.2) is 54.7 Å². The third-order valence-electron chi connectivity index (χ3n) is 4.13. The van der Waals surface area contributed by atoms with Gasteiger partial charge in [0.1, 0.15) is 5.75 Å². The first-order valence-electron chi connectivity index (χ1n) is 8.15. The first-order chi connectivity index (χ1) is 12.3. The van der Waals surface area contributed by atoms with Gasteiger partial charge in [0.05, 0.1) is 12.3 Å². The zero-order valence-electron chi connectivity index (χ0n) is 13.7. The number of carbonyl (C=O) groups excluding carboxylic acids is 1. The van der Waals surface area contributed by atoms with E-state index < -0.39 is 0 Å². The second kappa shape index (κ2) is 6.28. The molecule has 0 radical (unpaired) electrons. The molecule has 124 valence electrons. The maximum Gasteiger partial charge on any atom is 0.256 e. The summed E-state index contributed by atoms with van der Waals surface area (Å²) in [6.45, 7) is 2.52. The van der Waals surface area contributed by atoms with Gasteiger partial charge in [-0.25, -0.2) is 0 Å². The van der Waals surface area contributed by atoms with E-state index >= 15 is 0 Å². The van der Waals surface area contributed by atoms with E-state index in [1.807, 2.05) is 61.5 Å². The van der Waals surface area contributed by atoms with Crippen molar-refractivity contribution >= 4 is 23.2 Å². The summed E-state index contributed by atoms with van der Waals surface area (Å²) < 4.78 is 5.65. The van der Waals surface area contributed by atoms with Crippen LogP contribution in [-0.4, -0.2) is 22.7 Å². The number of benzene rings is 2. The van der Waals surface area contributed by atoms with Crippen LogP contribution < -0.4 is 10.1 Å². The van der Waals surface area contributed by atoms with Crippen LogP contribution in [0.4, 0.5) is 5.69 Å². The van der Waals surface area contributed by atoms with Crippen molar-refractivity contribution in [2.75, 3.05) is 11.9 Å². The number of anilines is 1. The lowest BCUT2D eigenvalue weighted by atomic mass is 10.0. The van der Waals surface area contributed by atoms with Crippen LogP contribution in [0.25, 0.3) is 22.9 Å². The van der Waals surface area contributed by atoms with Crippen LogP contribution in [0.5, 0.6) is 5.75 Å². The molecule has 2 heterocycles. The van der Waals surface area contributed by atoms with Crippen LogP contribution in [-0.2, 0) is 4.79 Å². The number of hydrogen-bond donors (Lipinski definition) is 2. The van der Waals surface area contributed by atoms with Gasteiger partial charge >= 0.3 is 0 Å². The quantitative estimate of drug-likeness (QED) is 0.711.